The zero-order valence-electron chi connectivity index (χ0n) is 9.20. The number of rotatable bonds is 4. The fourth-order valence-electron chi connectivity index (χ4n) is 1.34. The topological polar surface area (TPSA) is 37.8 Å². The molecule has 0 atom stereocenters. The van der Waals surface area contributed by atoms with Gasteiger partial charge >= 0.3 is 0 Å². The molecule has 0 aromatic carbocycles. The first-order valence-electron chi connectivity index (χ1n) is 5.19. The Morgan fingerprint density at radius 1 is 1.41 bits per heavy atom. The monoisotopic (exact) mass is 331 g/mol. The molecular weight excluding hydrogens is 322 g/mol. The molecule has 2 heterocycles. The molecule has 2 aromatic rings. The van der Waals surface area contributed by atoms with Crippen molar-refractivity contribution in [3.63, 3.8) is 0 Å². The number of thiophene rings is 1. The number of halogens is 2. The highest BCUT2D eigenvalue weighted by Crippen LogP contribution is 2.23. The second-order valence-electron chi connectivity index (χ2n) is 3.41. The molecule has 3 nitrogen and oxygen atoms in total. The first-order chi connectivity index (χ1) is 8.17. The highest BCUT2D eigenvalue weighted by molar-refractivity contribution is 9.11. The van der Waals surface area contributed by atoms with Gasteiger partial charge in [-0.25, -0.2) is 9.97 Å². The van der Waals surface area contributed by atoms with Crippen LogP contribution in [0.1, 0.15) is 17.6 Å². The van der Waals surface area contributed by atoms with Crippen molar-refractivity contribution in [2.75, 3.05) is 5.32 Å². The van der Waals surface area contributed by atoms with E-state index in [9.17, 15) is 0 Å². The van der Waals surface area contributed by atoms with Crippen molar-refractivity contribution >= 4 is 44.7 Å². The van der Waals surface area contributed by atoms with Crippen molar-refractivity contribution in [1.82, 2.24) is 9.97 Å². The van der Waals surface area contributed by atoms with Crippen molar-refractivity contribution in [3.05, 3.63) is 37.8 Å². The Morgan fingerprint density at radius 3 is 2.88 bits per heavy atom. The largest absolute Gasteiger partial charge is 0.365 e. The predicted octanol–water partition coefficient (Wildman–Crippen LogP) is 4.13. The van der Waals surface area contributed by atoms with Crippen molar-refractivity contribution in [1.29, 1.82) is 0 Å². The van der Waals surface area contributed by atoms with Crippen LogP contribution in [0.25, 0.3) is 0 Å². The molecule has 0 aliphatic rings. The number of aromatic nitrogens is 2. The first kappa shape index (κ1) is 12.8. The minimum atomic E-state index is 0.478. The van der Waals surface area contributed by atoms with Gasteiger partial charge in [0, 0.05) is 17.4 Å². The molecule has 1 N–H and O–H groups in total. The average molecular weight is 333 g/mol. The van der Waals surface area contributed by atoms with Crippen LogP contribution in [0.4, 0.5) is 5.82 Å². The predicted molar refractivity (Wildman–Crippen MR) is 75.8 cm³/mol. The fraction of sp³-hybridized carbons (Fsp3) is 0.273. The first-order valence-corrected chi connectivity index (χ1v) is 7.17. The van der Waals surface area contributed by atoms with E-state index >= 15 is 0 Å². The summed E-state index contributed by atoms with van der Waals surface area (Å²) in [4.78, 5) is 9.72. The van der Waals surface area contributed by atoms with Gasteiger partial charge in [-0.2, -0.15) is 0 Å². The van der Waals surface area contributed by atoms with Gasteiger partial charge in [0.15, 0.2) is 0 Å². The number of nitrogens with zero attached hydrogens (tertiary/aromatic N) is 2. The lowest BCUT2D eigenvalue weighted by molar-refractivity contribution is 0.934. The van der Waals surface area contributed by atoms with E-state index in [-0.39, 0.29) is 0 Å². The third kappa shape index (κ3) is 3.66. The summed E-state index contributed by atoms with van der Waals surface area (Å²) in [5.41, 5.74) is 0. The number of nitrogens with one attached hydrogen (secondary N) is 1. The standard InChI is InChI=1S/C11H11BrClN3S/c1-2-10-15-9(13)5-11(16-10)14-6-7-3-4-8(12)17-7/h3-5H,2,6H2,1H3,(H,14,15,16). The molecule has 2 aromatic heterocycles. The minimum absolute atomic E-state index is 0.478. The zero-order valence-corrected chi connectivity index (χ0v) is 12.4. The van der Waals surface area contributed by atoms with E-state index in [0.29, 0.717) is 5.15 Å². The lowest BCUT2D eigenvalue weighted by Gasteiger charge is -2.05. The van der Waals surface area contributed by atoms with Crippen LogP contribution in [-0.2, 0) is 13.0 Å². The molecule has 0 aliphatic carbocycles. The van der Waals surface area contributed by atoms with E-state index in [2.05, 4.69) is 37.3 Å². The van der Waals surface area contributed by atoms with Gasteiger partial charge in [0.25, 0.3) is 0 Å². The second-order valence-corrected chi connectivity index (χ2v) is 6.34. The maximum Gasteiger partial charge on any atom is 0.134 e. The Labute approximate surface area is 117 Å². The van der Waals surface area contributed by atoms with Crippen LogP contribution < -0.4 is 5.32 Å². The molecule has 0 bridgehead atoms. The van der Waals surface area contributed by atoms with Crippen LogP contribution in [0.2, 0.25) is 5.15 Å². The van der Waals surface area contributed by atoms with Gasteiger partial charge in [-0.3, -0.25) is 0 Å². The zero-order chi connectivity index (χ0) is 12.3. The summed E-state index contributed by atoms with van der Waals surface area (Å²) in [6.45, 7) is 2.75. The lowest BCUT2D eigenvalue weighted by atomic mass is 10.4. The van der Waals surface area contributed by atoms with Crippen LogP contribution in [-0.4, -0.2) is 9.97 Å². The Morgan fingerprint density at radius 2 is 2.24 bits per heavy atom. The molecule has 0 unspecified atom stereocenters. The quantitative estimate of drug-likeness (QED) is 0.856. The van der Waals surface area contributed by atoms with Gasteiger partial charge in [-0.05, 0) is 28.1 Å². The third-order valence-corrected chi connectivity index (χ3v) is 3.95. The Hall–Kier alpha value is -0.650. The summed E-state index contributed by atoms with van der Waals surface area (Å²) in [6.07, 6.45) is 0.778. The Bertz CT molecular complexity index is 515. The Kier molecular flexibility index (Phi) is 4.36. The second kappa shape index (κ2) is 5.80. The number of aryl methyl sites for hydroxylation is 1. The van der Waals surface area contributed by atoms with Gasteiger partial charge < -0.3 is 5.32 Å². The molecule has 2 rings (SSSR count). The van der Waals surface area contributed by atoms with Crippen molar-refractivity contribution < 1.29 is 0 Å². The van der Waals surface area contributed by atoms with Gasteiger partial charge in [0.05, 0.1) is 10.3 Å². The van der Waals surface area contributed by atoms with Crippen LogP contribution in [0.3, 0.4) is 0 Å². The molecule has 90 valence electrons. The Balaban J connectivity index is 2.05. The molecule has 0 spiro atoms. The molecule has 0 fully saturated rings. The summed E-state index contributed by atoms with van der Waals surface area (Å²) in [6, 6.07) is 5.85. The van der Waals surface area contributed by atoms with E-state index in [4.69, 9.17) is 11.6 Å². The SMILES string of the molecule is CCc1nc(Cl)cc(NCc2ccc(Br)s2)n1. The molecule has 0 saturated heterocycles. The van der Waals surface area contributed by atoms with Gasteiger partial charge in [0.2, 0.25) is 0 Å². The summed E-state index contributed by atoms with van der Waals surface area (Å²) in [5, 5.41) is 3.72. The highest BCUT2D eigenvalue weighted by Gasteiger charge is 2.02. The number of hydrogen-bond acceptors (Lipinski definition) is 4. The van der Waals surface area contributed by atoms with E-state index < -0.39 is 0 Å². The maximum absolute atomic E-state index is 5.92. The van der Waals surface area contributed by atoms with Crippen molar-refractivity contribution in [3.8, 4) is 0 Å². The highest BCUT2D eigenvalue weighted by atomic mass is 79.9. The summed E-state index contributed by atoms with van der Waals surface area (Å²) in [7, 11) is 0. The minimum Gasteiger partial charge on any atom is -0.365 e. The molecule has 6 heteroatoms. The average Bonchev–Trinajstić information content (AvgIpc) is 2.72. The summed E-state index contributed by atoms with van der Waals surface area (Å²) < 4.78 is 1.13. The van der Waals surface area contributed by atoms with Gasteiger partial charge in [-0.15, -0.1) is 11.3 Å². The molecular formula is C11H11BrClN3S. The van der Waals surface area contributed by atoms with E-state index in [1.807, 2.05) is 13.0 Å². The van der Waals surface area contributed by atoms with Gasteiger partial charge in [0.1, 0.15) is 16.8 Å². The summed E-state index contributed by atoms with van der Waals surface area (Å²) in [5.74, 6) is 1.53. The van der Waals surface area contributed by atoms with Crippen molar-refractivity contribution in [2.24, 2.45) is 0 Å². The van der Waals surface area contributed by atoms with E-state index in [1.165, 1.54) is 4.88 Å². The molecule has 17 heavy (non-hydrogen) atoms. The fourth-order valence-corrected chi connectivity index (χ4v) is 2.96. The maximum atomic E-state index is 5.92. The van der Waals surface area contributed by atoms with Crippen molar-refractivity contribution in [2.45, 2.75) is 19.9 Å². The number of anilines is 1. The summed E-state index contributed by atoms with van der Waals surface area (Å²) >= 11 is 11.1. The van der Waals surface area contributed by atoms with Crippen LogP contribution >= 0.6 is 38.9 Å². The van der Waals surface area contributed by atoms with Crippen LogP contribution in [0, 0.1) is 0 Å². The smallest absolute Gasteiger partial charge is 0.134 e. The molecule has 0 aliphatic heterocycles. The van der Waals surface area contributed by atoms with Crippen LogP contribution in [0.5, 0.6) is 0 Å². The molecule has 0 amide bonds. The number of hydrogen-bond donors (Lipinski definition) is 1. The normalized spacial score (nSPS) is 10.5. The van der Waals surface area contributed by atoms with E-state index in [0.717, 1.165) is 28.4 Å². The molecule has 0 radical (unpaired) electrons. The van der Waals surface area contributed by atoms with Crippen LogP contribution in [0.15, 0.2) is 22.0 Å². The third-order valence-electron chi connectivity index (χ3n) is 2.13. The van der Waals surface area contributed by atoms with Gasteiger partial charge in [-0.1, -0.05) is 18.5 Å². The lowest BCUT2D eigenvalue weighted by Crippen LogP contribution is -2.03. The van der Waals surface area contributed by atoms with E-state index in [1.54, 1.807) is 17.4 Å². The molecule has 0 saturated carbocycles.